The molecule has 5 heteroatoms. The molecule has 0 saturated heterocycles. The molecule has 0 aliphatic heterocycles. The van der Waals surface area contributed by atoms with Crippen LogP contribution >= 0.6 is 0 Å². The van der Waals surface area contributed by atoms with E-state index in [4.69, 9.17) is 0 Å². The van der Waals surface area contributed by atoms with Crippen LogP contribution in [0.2, 0.25) is 0 Å². The minimum atomic E-state index is -0.522. The van der Waals surface area contributed by atoms with E-state index in [-0.39, 0.29) is 24.3 Å². The SMILES string of the molecule is CCCCCCCCCCCCCCCCCCNC(=O)[C@@H](NC(=O)Cn1c2ccccc2c2ccccc21)[C@@H](C)CC. The average Bonchev–Trinajstić information content (AvgIpc) is 3.34. The van der Waals surface area contributed by atoms with E-state index in [9.17, 15) is 9.59 Å². The monoisotopic (exact) mass is 589 g/mol. The second kappa shape index (κ2) is 20.2. The first-order valence-corrected chi connectivity index (χ1v) is 17.6. The van der Waals surface area contributed by atoms with Gasteiger partial charge in [0.15, 0.2) is 0 Å². The molecule has 2 N–H and O–H groups in total. The highest BCUT2D eigenvalue weighted by atomic mass is 16.2. The van der Waals surface area contributed by atoms with Crippen LogP contribution in [0.25, 0.3) is 21.8 Å². The van der Waals surface area contributed by atoms with Crippen LogP contribution in [0.15, 0.2) is 48.5 Å². The normalized spacial score (nSPS) is 12.9. The Morgan fingerprint density at radius 2 is 1.09 bits per heavy atom. The van der Waals surface area contributed by atoms with Gasteiger partial charge in [0.2, 0.25) is 11.8 Å². The fraction of sp³-hybridized carbons (Fsp3) is 0.632. The Bertz CT molecular complexity index is 1160. The molecular formula is C38H59N3O2. The summed E-state index contributed by atoms with van der Waals surface area (Å²) in [4.78, 5) is 26.4. The molecule has 5 nitrogen and oxygen atoms in total. The molecule has 0 unspecified atom stereocenters. The third-order valence-electron chi connectivity index (χ3n) is 9.12. The highest BCUT2D eigenvalue weighted by Gasteiger charge is 2.26. The van der Waals surface area contributed by atoms with Crippen LogP contribution in [0.3, 0.4) is 0 Å². The van der Waals surface area contributed by atoms with Crippen molar-refractivity contribution in [2.24, 2.45) is 5.92 Å². The maximum Gasteiger partial charge on any atom is 0.242 e. The van der Waals surface area contributed by atoms with E-state index in [1.165, 1.54) is 89.9 Å². The van der Waals surface area contributed by atoms with Crippen LogP contribution in [-0.2, 0) is 16.1 Å². The Kier molecular flexibility index (Phi) is 16.3. The van der Waals surface area contributed by atoms with E-state index in [0.717, 1.165) is 41.1 Å². The summed E-state index contributed by atoms with van der Waals surface area (Å²) >= 11 is 0. The van der Waals surface area contributed by atoms with E-state index in [1.807, 2.05) is 31.2 Å². The molecule has 3 aromatic rings. The van der Waals surface area contributed by atoms with Crippen molar-refractivity contribution >= 4 is 33.6 Å². The van der Waals surface area contributed by atoms with Gasteiger partial charge in [-0.25, -0.2) is 0 Å². The number of amides is 2. The molecular weight excluding hydrogens is 530 g/mol. The number of unbranched alkanes of at least 4 members (excludes halogenated alkanes) is 15. The molecule has 1 heterocycles. The number of hydrogen-bond donors (Lipinski definition) is 2. The van der Waals surface area contributed by atoms with Gasteiger partial charge < -0.3 is 15.2 Å². The van der Waals surface area contributed by atoms with Crippen molar-refractivity contribution < 1.29 is 9.59 Å². The average molecular weight is 590 g/mol. The number of benzene rings is 2. The number of fused-ring (bicyclic) bond motifs is 3. The molecule has 1 aromatic heterocycles. The smallest absolute Gasteiger partial charge is 0.242 e. The lowest BCUT2D eigenvalue weighted by atomic mass is 9.98. The summed E-state index contributed by atoms with van der Waals surface area (Å²) in [7, 11) is 0. The third-order valence-corrected chi connectivity index (χ3v) is 9.12. The van der Waals surface area contributed by atoms with Gasteiger partial charge in [-0.2, -0.15) is 0 Å². The van der Waals surface area contributed by atoms with Gasteiger partial charge in [-0.1, -0.05) is 160 Å². The highest BCUT2D eigenvalue weighted by Crippen LogP contribution is 2.28. The minimum Gasteiger partial charge on any atom is -0.354 e. The van der Waals surface area contributed by atoms with Gasteiger partial charge in [0, 0.05) is 28.4 Å². The molecule has 0 spiro atoms. The third kappa shape index (κ3) is 11.7. The maximum atomic E-state index is 13.3. The van der Waals surface area contributed by atoms with Crippen molar-refractivity contribution in [1.82, 2.24) is 15.2 Å². The van der Waals surface area contributed by atoms with Crippen LogP contribution in [0, 0.1) is 5.92 Å². The molecule has 0 radical (unpaired) electrons. The molecule has 0 bridgehead atoms. The predicted molar refractivity (Wildman–Crippen MR) is 183 cm³/mol. The lowest BCUT2D eigenvalue weighted by molar-refractivity contribution is -0.130. The number of carbonyl (C=O) groups is 2. The van der Waals surface area contributed by atoms with Crippen molar-refractivity contribution in [2.45, 2.75) is 143 Å². The highest BCUT2D eigenvalue weighted by molar-refractivity contribution is 6.08. The van der Waals surface area contributed by atoms with Gasteiger partial charge in [-0.15, -0.1) is 0 Å². The minimum absolute atomic E-state index is 0.0629. The number of nitrogens with one attached hydrogen (secondary N) is 2. The second-order valence-electron chi connectivity index (χ2n) is 12.6. The molecule has 2 amide bonds. The zero-order valence-electron chi connectivity index (χ0n) is 27.5. The van der Waals surface area contributed by atoms with Gasteiger partial charge in [0.25, 0.3) is 0 Å². The number of hydrogen-bond acceptors (Lipinski definition) is 2. The molecule has 0 aliphatic carbocycles. The fourth-order valence-corrected chi connectivity index (χ4v) is 6.23. The Balaban J connectivity index is 1.30. The largest absolute Gasteiger partial charge is 0.354 e. The van der Waals surface area contributed by atoms with Gasteiger partial charge >= 0.3 is 0 Å². The Labute approximate surface area is 261 Å². The summed E-state index contributed by atoms with van der Waals surface area (Å²) in [5.41, 5.74) is 2.07. The van der Waals surface area contributed by atoms with Crippen LogP contribution in [0.4, 0.5) is 0 Å². The van der Waals surface area contributed by atoms with Gasteiger partial charge in [-0.05, 0) is 24.5 Å². The lowest BCUT2D eigenvalue weighted by Gasteiger charge is -2.24. The van der Waals surface area contributed by atoms with E-state index in [1.54, 1.807) is 0 Å². The molecule has 0 fully saturated rings. The molecule has 0 aliphatic rings. The predicted octanol–water partition coefficient (Wildman–Crippen LogP) is 9.70. The first kappa shape index (κ1) is 34.7. The van der Waals surface area contributed by atoms with Crippen molar-refractivity contribution in [3.63, 3.8) is 0 Å². The van der Waals surface area contributed by atoms with E-state index in [2.05, 4.69) is 53.3 Å². The molecule has 2 atom stereocenters. The van der Waals surface area contributed by atoms with Crippen LogP contribution in [-0.4, -0.2) is 29.0 Å². The first-order chi connectivity index (χ1) is 21.1. The zero-order chi connectivity index (χ0) is 30.7. The summed E-state index contributed by atoms with van der Waals surface area (Å²) in [6.07, 6.45) is 22.2. The Morgan fingerprint density at radius 3 is 1.56 bits per heavy atom. The van der Waals surface area contributed by atoms with Crippen LogP contribution in [0.5, 0.6) is 0 Å². The summed E-state index contributed by atoms with van der Waals surface area (Å²) < 4.78 is 2.06. The molecule has 238 valence electrons. The lowest BCUT2D eigenvalue weighted by Crippen LogP contribution is -2.51. The summed E-state index contributed by atoms with van der Waals surface area (Å²) in [5, 5.41) is 8.46. The molecule has 0 saturated carbocycles. The number of aromatic nitrogens is 1. The number of rotatable bonds is 23. The van der Waals surface area contributed by atoms with Crippen molar-refractivity contribution in [3.8, 4) is 0 Å². The zero-order valence-corrected chi connectivity index (χ0v) is 27.5. The Hall–Kier alpha value is -2.82. The fourth-order valence-electron chi connectivity index (χ4n) is 6.23. The van der Waals surface area contributed by atoms with Gasteiger partial charge in [-0.3, -0.25) is 9.59 Å². The first-order valence-electron chi connectivity index (χ1n) is 17.6. The van der Waals surface area contributed by atoms with Crippen molar-refractivity contribution in [3.05, 3.63) is 48.5 Å². The standard InChI is InChI=1S/C38H59N3O2/c1-4-6-7-8-9-10-11-12-13-14-15-16-17-18-19-24-29-39-38(43)37(31(3)5-2)40-36(42)30-41-34-27-22-20-25-32(34)33-26-21-23-28-35(33)41/h20-23,25-28,31,37H,4-19,24,29-30H2,1-3H3,(H,39,43)(H,40,42)/t31-,37-/m0/s1. The van der Waals surface area contributed by atoms with Crippen molar-refractivity contribution in [1.29, 1.82) is 0 Å². The van der Waals surface area contributed by atoms with E-state index < -0.39 is 6.04 Å². The van der Waals surface area contributed by atoms with Crippen LogP contribution < -0.4 is 10.6 Å². The second-order valence-corrected chi connectivity index (χ2v) is 12.6. The molecule has 3 rings (SSSR count). The number of carbonyl (C=O) groups excluding carboxylic acids is 2. The Morgan fingerprint density at radius 1 is 0.651 bits per heavy atom. The van der Waals surface area contributed by atoms with Crippen molar-refractivity contribution in [2.75, 3.05) is 6.54 Å². The van der Waals surface area contributed by atoms with Gasteiger partial charge in [0.1, 0.15) is 12.6 Å². The topological polar surface area (TPSA) is 63.1 Å². The summed E-state index contributed by atoms with van der Waals surface area (Å²) in [5.74, 6) is -0.131. The number of para-hydroxylation sites is 2. The maximum absolute atomic E-state index is 13.3. The number of nitrogens with zero attached hydrogens (tertiary/aromatic N) is 1. The quantitative estimate of drug-likeness (QED) is 0.108. The molecule has 43 heavy (non-hydrogen) atoms. The summed E-state index contributed by atoms with van der Waals surface area (Å²) in [6, 6.07) is 15.8. The van der Waals surface area contributed by atoms with Crippen LogP contribution in [0.1, 0.15) is 130 Å². The summed E-state index contributed by atoms with van der Waals surface area (Å²) in [6.45, 7) is 7.25. The van der Waals surface area contributed by atoms with E-state index >= 15 is 0 Å². The van der Waals surface area contributed by atoms with E-state index in [0.29, 0.717) is 6.54 Å². The molecule has 2 aromatic carbocycles. The van der Waals surface area contributed by atoms with Gasteiger partial charge in [0.05, 0.1) is 0 Å².